The summed E-state index contributed by atoms with van der Waals surface area (Å²) in [5.74, 6) is 0.998. The summed E-state index contributed by atoms with van der Waals surface area (Å²) in [6.07, 6.45) is 1.67. The molecule has 21 heavy (non-hydrogen) atoms. The van der Waals surface area contributed by atoms with Crippen LogP contribution in [-0.4, -0.2) is 40.7 Å². The van der Waals surface area contributed by atoms with Crippen LogP contribution in [-0.2, 0) is 0 Å². The zero-order valence-corrected chi connectivity index (χ0v) is 12.9. The normalized spacial score (nSPS) is 31.7. The molecule has 2 aliphatic heterocycles. The van der Waals surface area contributed by atoms with Crippen LogP contribution in [0.3, 0.4) is 0 Å². The number of fused-ring (bicyclic) bond motifs is 1. The monoisotopic (exact) mass is 289 g/mol. The number of aliphatic hydroxyl groups is 1. The second-order valence-electron chi connectivity index (χ2n) is 6.66. The molecule has 0 radical (unpaired) electrons. The number of hydrogen-bond acceptors (Lipinski definition) is 3. The van der Waals surface area contributed by atoms with Gasteiger partial charge in [0.1, 0.15) is 11.9 Å². The number of piperidine rings is 1. The molecule has 1 N–H and O–H groups in total. The van der Waals surface area contributed by atoms with Gasteiger partial charge in [-0.1, -0.05) is 19.1 Å². The highest BCUT2D eigenvalue weighted by atomic mass is 16.5. The first-order chi connectivity index (χ1) is 9.89. The predicted octanol–water partition coefficient (Wildman–Crippen LogP) is 2.56. The third-order valence-corrected chi connectivity index (χ3v) is 4.74. The van der Waals surface area contributed by atoms with E-state index in [0.717, 1.165) is 24.2 Å². The van der Waals surface area contributed by atoms with Gasteiger partial charge in [-0.05, 0) is 32.8 Å². The Kier molecular flexibility index (Phi) is 3.44. The van der Waals surface area contributed by atoms with Crippen LogP contribution in [0.15, 0.2) is 18.2 Å². The second-order valence-corrected chi connectivity index (χ2v) is 6.66. The molecule has 4 nitrogen and oxygen atoms in total. The van der Waals surface area contributed by atoms with Gasteiger partial charge >= 0.3 is 0 Å². The summed E-state index contributed by atoms with van der Waals surface area (Å²) in [4.78, 5) is 14.5. The number of carbonyl (C=O) groups excluding carboxylic acids is 1. The van der Waals surface area contributed by atoms with E-state index in [1.54, 1.807) is 11.8 Å². The molecule has 2 aliphatic rings. The van der Waals surface area contributed by atoms with E-state index in [-0.39, 0.29) is 12.0 Å². The van der Waals surface area contributed by atoms with Crippen LogP contribution in [0.1, 0.15) is 55.5 Å². The zero-order chi connectivity index (χ0) is 15.2. The van der Waals surface area contributed by atoms with E-state index in [1.807, 2.05) is 25.1 Å². The lowest BCUT2D eigenvalue weighted by Crippen LogP contribution is -2.48. The van der Waals surface area contributed by atoms with Crippen molar-refractivity contribution in [1.82, 2.24) is 4.90 Å². The predicted molar refractivity (Wildman–Crippen MR) is 80.7 cm³/mol. The number of para-hydroxylation sites is 1. The lowest BCUT2D eigenvalue weighted by molar-refractivity contribution is -0.0108. The number of amides is 1. The van der Waals surface area contributed by atoms with Crippen molar-refractivity contribution in [2.24, 2.45) is 0 Å². The first kappa shape index (κ1) is 14.4. The Morgan fingerprint density at radius 3 is 2.90 bits per heavy atom. The molecule has 0 bridgehead atoms. The van der Waals surface area contributed by atoms with Gasteiger partial charge in [0.05, 0.1) is 11.2 Å². The molecule has 0 aliphatic carbocycles. The van der Waals surface area contributed by atoms with E-state index >= 15 is 0 Å². The number of carbonyl (C=O) groups is 1. The fraction of sp³-hybridized carbons (Fsp3) is 0.588. The van der Waals surface area contributed by atoms with Gasteiger partial charge in [0.2, 0.25) is 0 Å². The Hall–Kier alpha value is -1.55. The molecule has 0 saturated carbocycles. The van der Waals surface area contributed by atoms with Crippen molar-refractivity contribution in [2.75, 3.05) is 13.1 Å². The average molecular weight is 289 g/mol. The molecular weight excluding hydrogens is 266 g/mol. The Bertz CT molecular complexity index is 567. The van der Waals surface area contributed by atoms with Crippen molar-refractivity contribution < 1.29 is 14.6 Å². The number of β-amino-alcohol motifs (C(OH)–C–C–N with tert-alkyl or cyclic N) is 1. The van der Waals surface area contributed by atoms with Gasteiger partial charge in [0.25, 0.3) is 5.91 Å². The molecule has 3 unspecified atom stereocenters. The molecular formula is C17H23NO3. The molecule has 114 valence electrons. The van der Waals surface area contributed by atoms with Crippen molar-refractivity contribution in [3.8, 4) is 5.75 Å². The van der Waals surface area contributed by atoms with E-state index in [4.69, 9.17) is 4.74 Å². The van der Waals surface area contributed by atoms with Crippen LogP contribution in [0.4, 0.5) is 0 Å². The van der Waals surface area contributed by atoms with Crippen LogP contribution in [0.5, 0.6) is 5.75 Å². The minimum atomic E-state index is -0.784. The summed E-state index contributed by atoms with van der Waals surface area (Å²) >= 11 is 0. The van der Waals surface area contributed by atoms with Gasteiger partial charge in [0, 0.05) is 24.6 Å². The van der Waals surface area contributed by atoms with Crippen molar-refractivity contribution in [2.45, 2.75) is 51.2 Å². The van der Waals surface area contributed by atoms with Gasteiger partial charge < -0.3 is 14.7 Å². The molecule has 2 heterocycles. The third kappa shape index (κ3) is 2.53. The summed E-state index contributed by atoms with van der Waals surface area (Å²) in [5.41, 5.74) is 0.950. The topological polar surface area (TPSA) is 49.8 Å². The smallest absolute Gasteiger partial charge is 0.257 e. The molecule has 3 atom stereocenters. The average Bonchev–Trinajstić information content (AvgIpc) is 2.72. The first-order valence-corrected chi connectivity index (χ1v) is 7.70. The van der Waals surface area contributed by atoms with Gasteiger partial charge in [-0.15, -0.1) is 0 Å². The minimum absolute atomic E-state index is 0.0341. The van der Waals surface area contributed by atoms with Crippen LogP contribution in [0, 0.1) is 0 Å². The molecule has 1 fully saturated rings. The fourth-order valence-corrected chi connectivity index (χ4v) is 3.32. The summed E-state index contributed by atoms with van der Waals surface area (Å²) in [5, 5.41) is 10.2. The number of rotatable bonds is 1. The Morgan fingerprint density at radius 2 is 2.19 bits per heavy atom. The number of likely N-dealkylation sites (tertiary alicyclic amines) is 1. The van der Waals surface area contributed by atoms with Crippen molar-refractivity contribution in [3.05, 3.63) is 29.3 Å². The maximum atomic E-state index is 12.8. The molecule has 1 aromatic rings. The summed E-state index contributed by atoms with van der Waals surface area (Å²) in [6, 6.07) is 5.79. The highest BCUT2D eigenvalue weighted by molar-refractivity contribution is 5.97. The van der Waals surface area contributed by atoms with Crippen LogP contribution >= 0.6 is 0 Å². The summed E-state index contributed by atoms with van der Waals surface area (Å²) in [7, 11) is 0. The SMILES string of the molecule is CC1Oc2c(C(=O)N3CCCC(C)(O)C3)cccc2C1C. The third-order valence-electron chi connectivity index (χ3n) is 4.74. The van der Waals surface area contributed by atoms with E-state index < -0.39 is 5.60 Å². The van der Waals surface area contributed by atoms with Gasteiger partial charge in [0.15, 0.2) is 0 Å². The van der Waals surface area contributed by atoms with E-state index in [1.165, 1.54) is 0 Å². The Balaban J connectivity index is 1.90. The van der Waals surface area contributed by atoms with Gasteiger partial charge in [-0.2, -0.15) is 0 Å². The first-order valence-electron chi connectivity index (χ1n) is 7.70. The lowest BCUT2D eigenvalue weighted by Gasteiger charge is -2.37. The quantitative estimate of drug-likeness (QED) is 0.864. The summed E-state index contributed by atoms with van der Waals surface area (Å²) < 4.78 is 5.90. The molecule has 0 aromatic heterocycles. The molecule has 0 spiro atoms. The highest BCUT2D eigenvalue weighted by Crippen LogP contribution is 2.40. The Labute approximate surface area is 125 Å². The molecule has 1 saturated heterocycles. The maximum Gasteiger partial charge on any atom is 0.257 e. The number of hydrogen-bond donors (Lipinski definition) is 1. The van der Waals surface area contributed by atoms with E-state index in [9.17, 15) is 9.90 Å². The molecule has 1 aromatic carbocycles. The lowest BCUT2D eigenvalue weighted by atomic mass is 9.93. The van der Waals surface area contributed by atoms with Crippen LogP contribution in [0.2, 0.25) is 0 Å². The van der Waals surface area contributed by atoms with Crippen molar-refractivity contribution >= 4 is 5.91 Å². The minimum Gasteiger partial charge on any atom is -0.489 e. The van der Waals surface area contributed by atoms with Crippen molar-refractivity contribution in [3.63, 3.8) is 0 Å². The van der Waals surface area contributed by atoms with Crippen molar-refractivity contribution in [1.29, 1.82) is 0 Å². The molecule has 4 heteroatoms. The number of nitrogens with zero attached hydrogens (tertiary/aromatic N) is 1. The second kappa shape index (κ2) is 5.02. The molecule has 1 amide bonds. The standard InChI is InChI=1S/C17H23NO3/c1-11-12(2)21-15-13(11)6-4-7-14(15)16(19)18-9-5-8-17(3,20)10-18/h4,6-7,11-12,20H,5,8-10H2,1-3H3. The molecule has 3 rings (SSSR count). The zero-order valence-electron chi connectivity index (χ0n) is 12.9. The van der Waals surface area contributed by atoms with Crippen LogP contribution in [0.25, 0.3) is 0 Å². The van der Waals surface area contributed by atoms with Gasteiger partial charge in [-0.3, -0.25) is 4.79 Å². The number of ether oxygens (including phenoxy) is 1. The highest BCUT2D eigenvalue weighted by Gasteiger charge is 2.35. The van der Waals surface area contributed by atoms with E-state index in [0.29, 0.717) is 24.6 Å². The fourth-order valence-electron chi connectivity index (χ4n) is 3.32. The summed E-state index contributed by atoms with van der Waals surface area (Å²) in [6.45, 7) is 7.04. The van der Waals surface area contributed by atoms with Gasteiger partial charge in [-0.25, -0.2) is 0 Å². The van der Waals surface area contributed by atoms with E-state index in [2.05, 4.69) is 6.92 Å². The largest absolute Gasteiger partial charge is 0.489 e. The maximum absolute atomic E-state index is 12.8. The van der Waals surface area contributed by atoms with Crippen LogP contribution < -0.4 is 4.74 Å². The Morgan fingerprint density at radius 1 is 1.43 bits per heavy atom. The number of benzene rings is 1.